The Labute approximate surface area is 189 Å². The summed E-state index contributed by atoms with van der Waals surface area (Å²) in [6.45, 7) is 4.27. The molecule has 5 nitrogen and oxygen atoms in total. The molecule has 8 heteroatoms. The third kappa shape index (κ3) is 4.82. The van der Waals surface area contributed by atoms with Crippen molar-refractivity contribution in [3.8, 4) is 11.5 Å². The summed E-state index contributed by atoms with van der Waals surface area (Å²) in [6, 6.07) is 13.1. The zero-order valence-corrected chi connectivity index (χ0v) is 18.2. The first-order valence-electron chi connectivity index (χ1n) is 9.70. The van der Waals surface area contributed by atoms with E-state index < -0.39 is 4.92 Å². The highest BCUT2D eigenvalue weighted by Crippen LogP contribution is 2.40. The molecule has 1 aliphatic heterocycles. The lowest BCUT2D eigenvalue weighted by atomic mass is 9.98. The van der Waals surface area contributed by atoms with E-state index in [1.807, 2.05) is 25.1 Å². The first-order chi connectivity index (χ1) is 14.8. The number of hydrogen-bond acceptors (Lipinski definition) is 4. The van der Waals surface area contributed by atoms with Crippen LogP contribution in [-0.4, -0.2) is 16.4 Å². The summed E-state index contributed by atoms with van der Waals surface area (Å²) in [6.07, 6.45) is 0.822. The Balaban J connectivity index is 1.50. The molecule has 0 fully saturated rings. The lowest BCUT2D eigenvalue weighted by Crippen LogP contribution is -2.30. The van der Waals surface area contributed by atoms with Crippen molar-refractivity contribution in [3.63, 3.8) is 0 Å². The molecule has 3 aromatic carbocycles. The topological polar surface area (TPSA) is 55.6 Å². The van der Waals surface area contributed by atoms with Crippen molar-refractivity contribution in [3.05, 3.63) is 96.8 Å². The quantitative estimate of drug-likeness (QED) is 0.314. The maximum absolute atomic E-state index is 13.6. The van der Waals surface area contributed by atoms with Gasteiger partial charge in [-0.1, -0.05) is 35.3 Å². The number of ether oxygens (including phenoxy) is 1. The number of fused-ring (bicyclic) bond motifs is 1. The number of halogens is 3. The predicted molar refractivity (Wildman–Crippen MR) is 119 cm³/mol. The molecule has 0 bridgehead atoms. The summed E-state index contributed by atoms with van der Waals surface area (Å²) in [5.41, 5.74) is 4.20. The van der Waals surface area contributed by atoms with E-state index >= 15 is 0 Å². The van der Waals surface area contributed by atoms with Crippen LogP contribution in [0, 0.1) is 22.9 Å². The van der Waals surface area contributed by atoms with Gasteiger partial charge in [-0.25, -0.2) is 4.39 Å². The van der Waals surface area contributed by atoms with Crippen LogP contribution in [0.2, 0.25) is 10.0 Å². The molecular weight excluding hydrogens is 442 g/mol. The Hall–Kier alpha value is -2.67. The van der Waals surface area contributed by atoms with E-state index in [1.54, 1.807) is 12.1 Å². The van der Waals surface area contributed by atoms with Crippen molar-refractivity contribution in [2.24, 2.45) is 0 Å². The molecule has 0 aliphatic carbocycles. The second-order valence-corrected chi connectivity index (χ2v) is 8.37. The van der Waals surface area contributed by atoms with Gasteiger partial charge < -0.3 is 4.74 Å². The van der Waals surface area contributed by atoms with Crippen LogP contribution in [0.3, 0.4) is 0 Å². The van der Waals surface area contributed by atoms with Gasteiger partial charge in [0.05, 0.1) is 15.0 Å². The van der Waals surface area contributed by atoms with Gasteiger partial charge in [-0.2, -0.15) is 0 Å². The zero-order valence-electron chi connectivity index (χ0n) is 16.7. The highest BCUT2D eigenvalue weighted by atomic mass is 35.5. The second-order valence-electron chi connectivity index (χ2n) is 7.56. The molecule has 0 aromatic heterocycles. The largest absolute Gasteiger partial charge is 0.454 e. The van der Waals surface area contributed by atoms with E-state index in [0.717, 1.165) is 36.2 Å². The smallest absolute Gasteiger partial charge is 0.272 e. The normalized spacial score (nSPS) is 13.7. The maximum atomic E-state index is 13.6. The first kappa shape index (κ1) is 21.6. The van der Waals surface area contributed by atoms with Crippen molar-refractivity contribution in [2.75, 3.05) is 6.54 Å². The van der Waals surface area contributed by atoms with Crippen LogP contribution in [0.4, 0.5) is 10.1 Å². The summed E-state index contributed by atoms with van der Waals surface area (Å²) < 4.78 is 19.4. The highest BCUT2D eigenvalue weighted by Gasteiger charge is 2.20. The number of nitro benzene ring substituents is 1. The molecule has 0 N–H and O–H groups in total. The van der Waals surface area contributed by atoms with Crippen LogP contribution in [0.25, 0.3) is 0 Å². The van der Waals surface area contributed by atoms with Gasteiger partial charge in [-0.15, -0.1) is 0 Å². The first-order valence-corrected chi connectivity index (χ1v) is 10.5. The Bertz CT molecular complexity index is 1150. The van der Waals surface area contributed by atoms with Gasteiger partial charge in [0.25, 0.3) is 5.69 Å². The van der Waals surface area contributed by atoms with Crippen LogP contribution in [0.15, 0.2) is 48.5 Å². The number of benzene rings is 3. The lowest BCUT2D eigenvalue weighted by Gasteiger charge is -2.29. The fourth-order valence-corrected chi connectivity index (χ4v) is 4.26. The van der Waals surface area contributed by atoms with Gasteiger partial charge in [0.2, 0.25) is 0 Å². The van der Waals surface area contributed by atoms with Gasteiger partial charge in [-0.05, 0) is 59.9 Å². The summed E-state index contributed by atoms with van der Waals surface area (Å²) in [7, 11) is 0. The number of aryl methyl sites for hydroxylation is 1. The molecule has 0 saturated carbocycles. The number of rotatable bonds is 5. The van der Waals surface area contributed by atoms with E-state index in [2.05, 4.69) is 4.90 Å². The summed E-state index contributed by atoms with van der Waals surface area (Å²) in [4.78, 5) is 12.7. The second kappa shape index (κ2) is 8.83. The average molecular weight is 461 g/mol. The minimum Gasteiger partial charge on any atom is -0.454 e. The van der Waals surface area contributed by atoms with Gasteiger partial charge in [-0.3, -0.25) is 15.0 Å². The SMILES string of the molecule is Cc1ccc(F)cc1CN1CCc2cc(Oc3c(Cl)cc([N+](=O)[O-])cc3Cl)ccc2C1. The molecule has 160 valence electrons. The van der Waals surface area contributed by atoms with Crippen molar-refractivity contribution in [1.82, 2.24) is 4.90 Å². The van der Waals surface area contributed by atoms with Crippen molar-refractivity contribution >= 4 is 28.9 Å². The van der Waals surface area contributed by atoms with Crippen molar-refractivity contribution in [2.45, 2.75) is 26.4 Å². The zero-order chi connectivity index (χ0) is 22.1. The molecule has 4 rings (SSSR count). The van der Waals surface area contributed by atoms with E-state index in [-0.39, 0.29) is 27.3 Å². The fourth-order valence-electron chi connectivity index (χ4n) is 3.70. The maximum Gasteiger partial charge on any atom is 0.272 e. The van der Waals surface area contributed by atoms with E-state index in [9.17, 15) is 14.5 Å². The van der Waals surface area contributed by atoms with Crippen LogP contribution in [0.5, 0.6) is 11.5 Å². The molecular formula is C23H19Cl2FN2O3. The molecule has 0 saturated heterocycles. The Morgan fingerprint density at radius 1 is 1.10 bits per heavy atom. The minimum atomic E-state index is -0.558. The Morgan fingerprint density at radius 3 is 2.55 bits per heavy atom. The van der Waals surface area contributed by atoms with Crippen LogP contribution >= 0.6 is 23.2 Å². The predicted octanol–water partition coefficient (Wildman–Crippen LogP) is 6.70. The van der Waals surface area contributed by atoms with Gasteiger partial charge in [0.1, 0.15) is 11.6 Å². The molecule has 0 unspecified atom stereocenters. The fraction of sp³-hybridized carbons (Fsp3) is 0.217. The molecule has 0 amide bonds. The third-order valence-electron chi connectivity index (χ3n) is 5.39. The van der Waals surface area contributed by atoms with E-state index in [4.69, 9.17) is 27.9 Å². The molecule has 0 radical (unpaired) electrons. The molecule has 0 spiro atoms. The van der Waals surface area contributed by atoms with Crippen molar-refractivity contribution < 1.29 is 14.1 Å². The van der Waals surface area contributed by atoms with Crippen LogP contribution < -0.4 is 4.74 Å². The van der Waals surface area contributed by atoms with Gasteiger partial charge >= 0.3 is 0 Å². The van der Waals surface area contributed by atoms with Crippen molar-refractivity contribution in [1.29, 1.82) is 0 Å². The molecule has 3 aromatic rings. The number of hydrogen-bond donors (Lipinski definition) is 0. The number of non-ortho nitro benzene ring substituents is 1. The van der Waals surface area contributed by atoms with E-state index in [1.165, 1.54) is 23.8 Å². The van der Waals surface area contributed by atoms with E-state index in [0.29, 0.717) is 12.3 Å². The average Bonchev–Trinajstić information content (AvgIpc) is 2.73. The summed E-state index contributed by atoms with van der Waals surface area (Å²) in [5, 5.41) is 11.1. The third-order valence-corrected chi connectivity index (χ3v) is 5.95. The van der Waals surface area contributed by atoms with Crippen LogP contribution in [-0.2, 0) is 19.5 Å². The minimum absolute atomic E-state index is 0.0774. The molecule has 1 aliphatic rings. The lowest BCUT2D eigenvalue weighted by molar-refractivity contribution is -0.384. The van der Waals surface area contributed by atoms with Gasteiger partial charge in [0.15, 0.2) is 5.75 Å². The molecule has 1 heterocycles. The van der Waals surface area contributed by atoms with Crippen LogP contribution in [0.1, 0.15) is 22.3 Å². The molecule has 31 heavy (non-hydrogen) atoms. The van der Waals surface area contributed by atoms with Gasteiger partial charge in [0, 0.05) is 31.8 Å². The monoisotopic (exact) mass is 460 g/mol. The number of nitrogens with zero attached hydrogens (tertiary/aromatic N) is 2. The molecule has 0 atom stereocenters. The number of nitro groups is 1. The summed E-state index contributed by atoms with van der Waals surface area (Å²) in [5.74, 6) is 0.530. The Kier molecular flexibility index (Phi) is 6.14. The standard InChI is InChI=1S/C23H19Cl2FN2O3/c1-14-2-4-18(26)8-17(14)13-27-7-6-15-9-20(5-3-16(15)12-27)31-23-21(24)10-19(28(29)30)11-22(23)25/h2-5,8-11H,6-7,12-13H2,1H3. The summed E-state index contributed by atoms with van der Waals surface area (Å²) >= 11 is 12.3. The highest BCUT2D eigenvalue weighted by molar-refractivity contribution is 6.37. The Morgan fingerprint density at radius 2 is 1.84 bits per heavy atom.